The third-order valence-corrected chi connectivity index (χ3v) is 17.2. The number of benzene rings is 6. The number of nitrogens with one attached hydrogen (secondary N) is 6. The number of nitrogens with zero attached hydrogens (tertiary/aromatic N) is 10. The normalized spacial score (nSPS) is 12.1. The number of halogens is 2. The van der Waals surface area contributed by atoms with Gasteiger partial charge in [-0.2, -0.15) is 15.3 Å². The zero-order valence-electron chi connectivity index (χ0n) is 48.8. The average Bonchev–Trinajstić information content (AvgIpc) is 2.31. The summed E-state index contributed by atoms with van der Waals surface area (Å²) < 4.78 is 27.5. The van der Waals surface area contributed by atoms with Gasteiger partial charge < -0.3 is 16.0 Å². The Hall–Kier alpha value is -10.6. The number of carbonyl (C=O) groups excluding carboxylic acids is 5. The van der Waals surface area contributed by atoms with Crippen molar-refractivity contribution in [3.8, 4) is 0 Å². The van der Waals surface area contributed by atoms with E-state index in [0.717, 1.165) is 82.0 Å². The van der Waals surface area contributed by atoms with Gasteiger partial charge in [-0.05, 0) is 113 Å². The minimum atomic E-state index is -0.905. The lowest BCUT2D eigenvalue weighted by atomic mass is 9.87. The van der Waals surface area contributed by atoms with Crippen LogP contribution in [-0.2, 0) is 32.3 Å². The minimum Gasteiger partial charge on any atom is -0.322 e. The lowest BCUT2D eigenvalue weighted by molar-refractivity contribution is -0.121. The van der Waals surface area contributed by atoms with Gasteiger partial charge in [-0.3, -0.25) is 44.2 Å². The lowest BCUT2D eigenvalue weighted by Gasteiger charge is -2.19. The molecule has 0 spiro atoms. The van der Waals surface area contributed by atoms with Gasteiger partial charge in [-0.15, -0.1) is 35.3 Å². The number of H-pyrrole nitrogens is 3. The average molecular weight is 1270 g/mol. The highest BCUT2D eigenvalue weighted by Crippen LogP contribution is 2.32. The van der Waals surface area contributed by atoms with E-state index in [4.69, 9.17) is 0 Å². The molecule has 6 aromatic carbocycles. The molecule has 5 amide bonds. The molecule has 0 radical (unpaired) electrons. The molecule has 7 heterocycles. The van der Waals surface area contributed by atoms with E-state index < -0.39 is 23.1 Å². The number of hydrogen-bond acceptors (Lipinski definition) is 17. The minimum absolute atomic E-state index is 0.0622. The fraction of sp³-hybridized carbons (Fsp3) is 0.138. The molecule has 0 atom stereocenters. The van der Waals surface area contributed by atoms with Gasteiger partial charge in [-0.25, -0.2) is 38.7 Å². The van der Waals surface area contributed by atoms with Crippen LogP contribution >= 0.6 is 35.3 Å². The number of imide groups is 1. The predicted molar refractivity (Wildman–Crippen MR) is 347 cm³/mol. The van der Waals surface area contributed by atoms with Crippen LogP contribution in [0, 0.1) is 11.6 Å². The molecule has 1 saturated heterocycles. The number of hydrogen-bond donors (Lipinski definition) is 6. The van der Waals surface area contributed by atoms with Crippen molar-refractivity contribution in [2.45, 2.75) is 71.4 Å². The number of thioether (sulfide) groups is 3. The second-order valence-corrected chi connectivity index (χ2v) is 24.2. The maximum absolute atomic E-state index is 13.8. The second-order valence-electron chi connectivity index (χ2n) is 21.4. The first-order valence-electron chi connectivity index (χ1n) is 28.1. The summed E-state index contributed by atoms with van der Waals surface area (Å²) in [4.78, 5) is 87.8. The molecule has 91 heavy (non-hydrogen) atoms. The summed E-state index contributed by atoms with van der Waals surface area (Å²) >= 11 is 4.67. The van der Waals surface area contributed by atoms with E-state index in [0.29, 0.717) is 51.0 Å². The highest BCUT2D eigenvalue weighted by molar-refractivity contribution is 7.99. The molecular formula is C65H54F2N16O5S3. The monoisotopic (exact) mass is 1270 g/mol. The van der Waals surface area contributed by atoms with Gasteiger partial charge >= 0.3 is 0 Å². The molecule has 21 nitrogen and oxygen atoms in total. The predicted octanol–water partition coefficient (Wildman–Crippen LogP) is 12.9. The Morgan fingerprint density at radius 3 is 1.23 bits per heavy atom. The van der Waals surface area contributed by atoms with Crippen molar-refractivity contribution >= 4 is 121 Å². The molecule has 6 aromatic heterocycles. The quantitative estimate of drug-likeness (QED) is 0.0298. The van der Waals surface area contributed by atoms with Crippen molar-refractivity contribution in [3.05, 3.63) is 228 Å². The van der Waals surface area contributed by atoms with E-state index >= 15 is 0 Å². The Kier molecular flexibility index (Phi) is 19.3. The van der Waals surface area contributed by atoms with E-state index in [1.807, 2.05) is 78.9 Å². The maximum atomic E-state index is 13.8. The summed E-state index contributed by atoms with van der Waals surface area (Å²) in [5.41, 5.74) is 9.21. The van der Waals surface area contributed by atoms with Crippen LogP contribution in [0.1, 0.15) is 86.9 Å². The first kappa shape index (κ1) is 62.1. The van der Waals surface area contributed by atoms with E-state index in [2.05, 4.69) is 97.2 Å². The fourth-order valence-corrected chi connectivity index (χ4v) is 12.0. The topological polar surface area (TPSA) is 288 Å². The summed E-state index contributed by atoms with van der Waals surface area (Å²) in [6.45, 7) is 6.47. The summed E-state index contributed by atoms with van der Waals surface area (Å²) in [5.74, 6) is -1.52. The number of aromatic nitrogens is 12. The van der Waals surface area contributed by atoms with Crippen molar-refractivity contribution in [3.63, 3.8) is 0 Å². The smallest absolute Gasteiger partial charge is 0.261 e. The molecule has 0 aliphatic carbocycles. The number of rotatable bonds is 16. The second kappa shape index (κ2) is 28.3. The van der Waals surface area contributed by atoms with Crippen LogP contribution in [0.15, 0.2) is 192 Å². The van der Waals surface area contributed by atoms with Gasteiger partial charge in [-0.1, -0.05) is 75.4 Å². The molecule has 6 N–H and O–H groups in total. The highest BCUT2D eigenvalue weighted by atomic mass is 32.2. The molecule has 1 fully saturated rings. The first-order valence-corrected chi connectivity index (χ1v) is 31.1. The SMILES string of the molecule is CC(C)(C)c1ccc(C(=O)Nc2cccc(CSc3ncnc4[nH]ncc34)c2)cc1.O=C(Nc1cccc(CSc2ncnc3[nH]ncc23)c1)c1c(F)cccc1F.O=C(Nc1cccc(CSc2ncnc3[nH]ncc23)c1)c1ccc(N2C(=O)CCC2=O)cc1. The third-order valence-electron chi connectivity index (χ3n) is 14.0. The number of anilines is 4. The van der Waals surface area contributed by atoms with Gasteiger partial charge in [0.15, 0.2) is 16.9 Å². The molecule has 1 aliphatic rings. The van der Waals surface area contributed by atoms with E-state index in [1.54, 1.807) is 84.6 Å². The molecule has 13 rings (SSSR count). The lowest BCUT2D eigenvalue weighted by Crippen LogP contribution is -2.28. The zero-order valence-corrected chi connectivity index (χ0v) is 51.2. The number of amides is 5. The van der Waals surface area contributed by atoms with Gasteiger partial charge in [0.2, 0.25) is 11.8 Å². The largest absolute Gasteiger partial charge is 0.322 e. The summed E-state index contributed by atoms with van der Waals surface area (Å²) in [6.07, 6.45) is 10.0. The van der Waals surface area contributed by atoms with Gasteiger partial charge in [0.25, 0.3) is 17.7 Å². The third kappa shape index (κ3) is 15.5. The Morgan fingerprint density at radius 2 is 0.846 bits per heavy atom. The van der Waals surface area contributed by atoms with Crippen LogP contribution in [0.4, 0.5) is 31.5 Å². The van der Waals surface area contributed by atoms with Crippen molar-refractivity contribution < 1.29 is 32.8 Å². The molecular weight excluding hydrogens is 1220 g/mol. The van der Waals surface area contributed by atoms with Crippen LogP contribution in [-0.4, -0.2) is 90.0 Å². The van der Waals surface area contributed by atoms with Gasteiger partial charge in [0.1, 0.15) is 51.3 Å². The molecule has 456 valence electrons. The van der Waals surface area contributed by atoms with Gasteiger partial charge in [0, 0.05) is 58.3 Å². The highest BCUT2D eigenvalue weighted by Gasteiger charge is 2.30. The summed E-state index contributed by atoms with van der Waals surface area (Å²) in [6, 6.07) is 40.0. The summed E-state index contributed by atoms with van der Waals surface area (Å²) in [7, 11) is 0. The fourth-order valence-electron chi connectivity index (χ4n) is 9.31. The Balaban J connectivity index is 0.000000141. The number of aromatic amines is 3. The Bertz CT molecular complexity index is 4600. The summed E-state index contributed by atoms with van der Waals surface area (Å²) in [5, 5.41) is 34.0. The van der Waals surface area contributed by atoms with E-state index in [9.17, 15) is 32.8 Å². The number of fused-ring (bicyclic) bond motifs is 3. The standard InChI is InChI=1S/C23H18N6O3S.C23H23N5OS.C19H13F2N5OS/c30-19-8-9-20(31)29(19)17-6-4-15(5-7-17)22(32)27-16-3-1-2-14(10-16)12-33-23-18-11-26-28-21(18)24-13-25-23;1-23(2,3)17-9-7-16(8-10-17)21(29)27-18-6-4-5-15(11-18)13-30-22-19-12-26-28-20(19)24-14-25-22;20-14-5-2-6-15(21)16(14)18(27)25-12-4-1-3-11(7-12)9-28-19-13-8-24-26-17(13)22-10-23-19/h1-7,10-11,13H,8-9,12H2,(H,27,32)(H,24,25,26,28);4-12,14H,13H2,1-3H3,(H,27,29)(H,24,25,26,28);1-8,10H,9H2,(H,25,27)(H,22,23,24,26). The Morgan fingerprint density at radius 1 is 0.484 bits per heavy atom. The van der Waals surface area contributed by atoms with Crippen LogP contribution in [0.2, 0.25) is 0 Å². The van der Waals surface area contributed by atoms with Gasteiger partial charge in [0.05, 0.1) is 40.4 Å². The van der Waals surface area contributed by atoms with Crippen molar-refractivity contribution in [2.24, 2.45) is 0 Å². The van der Waals surface area contributed by atoms with Crippen LogP contribution in [0.3, 0.4) is 0 Å². The van der Waals surface area contributed by atoms with Crippen LogP contribution in [0.5, 0.6) is 0 Å². The van der Waals surface area contributed by atoms with Crippen molar-refractivity contribution in [2.75, 3.05) is 20.9 Å². The molecule has 26 heteroatoms. The molecule has 0 bridgehead atoms. The maximum Gasteiger partial charge on any atom is 0.261 e. The van der Waals surface area contributed by atoms with Crippen molar-refractivity contribution in [1.82, 2.24) is 60.5 Å². The zero-order chi connectivity index (χ0) is 63.4. The Labute approximate surface area is 530 Å². The van der Waals surface area contributed by atoms with E-state index in [1.165, 1.54) is 42.4 Å². The van der Waals surface area contributed by atoms with E-state index in [-0.39, 0.29) is 41.9 Å². The first-order chi connectivity index (χ1) is 44.1. The molecule has 0 saturated carbocycles. The molecule has 12 aromatic rings. The molecule has 0 unspecified atom stereocenters. The van der Waals surface area contributed by atoms with Crippen molar-refractivity contribution in [1.29, 1.82) is 0 Å². The van der Waals surface area contributed by atoms with Crippen LogP contribution in [0.25, 0.3) is 33.1 Å². The van der Waals surface area contributed by atoms with Crippen LogP contribution < -0.4 is 20.9 Å². The number of carbonyl (C=O) groups is 5. The molecule has 1 aliphatic heterocycles.